The van der Waals surface area contributed by atoms with Crippen molar-refractivity contribution in [2.24, 2.45) is 0 Å². The van der Waals surface area contributed by atoms with Crippen molar-refractivity contribution in [1.29, 1.82) is 0 Å². The van der Waals surface area contributed by atoms with Gasteiger partial charge in [0.2, 0.25) is 0 Å². The molecule has 1 aromatic rings. The van der Waals surface area contributed by atoms with E-state index in [1.807, 2.05) is 25.7 Å². The van der Waals surface area contributed by atoms with E-state index in [-0.39, 0.29) is 11.3 Å². The topological polar surface area (TPSA) is 26.3 Å². The lowest BCUT2D eigenvalue weighted by atomic mass is 10.0. The molecule has 20 heavy (non-hydrogen) atoms. The second-order valence-electron chi connectivity index (χ2n) is 3.93. The molecule has 2 rings (SSSR count). The van der Waals surface area contributed by atoms with Crippen LogP contribution in [-0.2, 0) is 0 Å². The van der Waals surface area contributed by atoms with Crippen molar-refractivity contribution in [2.45, 2.75) is 0 Å². The van der Waals surface area contributed by atoms with E-state index in [1.54, 1.807) is 6.08 Å². The molecule has 1 aliphatic rings. The van der Waals surface area contributed by atoms with Gasteiger partial charge in [-0.3, -0.25) is 4.79 Å². The summed E-state index contributed by atoms with van der Waals surface area (Å²) in [4.78, 5) is 12.1. The molecule has 0 amide bonds. The molecule has 6 heteroatoms. The van der Waals surface area contributed by atoms with Gasteiger partial charge in [0.05, 0.1) is 5.56 Å². The Hall–Kier alpha value is -1.17. The van der Waals surface area contributed by atoms with E-state index in [1.165, 1.54) is 24.3 Å². The maximum atomic E-state index is 12.3. The molecule has 0 saturated heterocycles. The minimum atomic E-state index is -2.97. The number of halogens is 3. The lowest BCUT2D eigenvalue weighted by Crippen LogP contribution is -2.11. The molecule has 0 aromatic heterocycles. The van der Waals surface area contributed by atoms with Gasteiger partial charge in [0.1, 0.15) is 5.75 Å². The summed E-state index contributed by atoms with van der Waals surface area (Å²) in [5.74, 6) is 0.327. The lowest BCUT2D eigenvalue weighted by Gasteiger charge is -2.08. The Morgan fingerprint density at radius 1 is 1.25 bits per heavy atom. The molecule has 0 bridgehead atoms. The highest BCUT2D eigenvalue weighted by molar-refractivity contribution is 9.10. The largest absolute Gasteiger partial charge is 0.796 e. The predicted molar refractivity (Wildman–Crippen MR) is 76.7 cm³/mol. The molecule has 0 unspecified atom stereocenters. The number of hydrogen-bond acceptors (Lipinski definition) is 2. The molecule has 0 N–H and O–H groups in total. The fraction of sp³-hybridized carbons (Fsp3) is 0. The van der Waals surface area contributed by atoms with E-state index < -0.39 is 13.3 Å². The van der Waals surface area contributed by atoms with Gasteiger partial charge in [0, 0.05) is 10.4 Å². The highest BCUT2D eigenvalue weighted by atomic mass is 79.9. The normalized spacial score (nSPS) is 15.8. The Balaban J connectivity index is 2.16. The minimum Gasteiger partial charge on any atom is -0.505 e. The molecule has 0 atom stereocenters. The van der Waals surface area contributed by atoms with E-state index in [2.05, 4.69) is 20.6 Å². The Kier molecular flexibility index (Phi) is 5.34. The molecule has 1 aliphatic carbocycles. The van der Waals surface area contributed by atoms with Crippen LogP contribution in [-0.4, -0.2) is 13.3 Å². The number of rotatable bonds is 5. The van der Waals surface area contributed by atoms with Crippen LogP contribution < -0.4 is 4.65 Å². The smallest absolute Gasteiger partial charge is 0.505 e. The van der Waals surface area contributed by atoms with E-state index in [4.69, 9.17) is 0 Å². The molecule has 0 heterocycles. The fourth-order valence-electron chi connectivity index (χ4n) is 1.66. The monoisotopic (exact) mass is 337 g/mol. The summed E-state index contributed by atoms with van der Waals surface area (Å²) >= 11 is 3.20. The third kappa shape index (κ3) is 4.17. The van der Waals surface area contributed by atoms with Crippen LogP contribution in [0.15, 0.2) is 34.8 Å². The molecule has 0 aliphatic heterocycles. The third-order valence-electron chi connectivity index (χ3n) is 2.54. The zero-order valence-corrected chi connectivity index (χ0v) is 11.8. The van der Waals surface area contributed by atoms with Crippen molar-refractivity contribution in [2.75, 3.05) is 0 Å². The van der Waals surface area contributed by atoms with E-state index in [9.17, 15) is 13.4 Å². The van der Waals surface area contributed by atoms with Gasteiger partial charge in [-0.2, -0.15) is 0 Å². The van der Waals surface area contributed by atoms with Gasteiger partial charge in [0.25, 0.3) is 0 Å². The van der Waals surface area contributed by atoms with Crippen LogP contribution in [0.2, 0.25) is 0 Å². The van der Waals surface area contributed by atoms with Crippen LogP contribution in [0.3, 0.4) is 0 Å². The number of hydrogen-bond donors (Lipinski definition) is 0. The van der Waals surface area contributed by atoms with Gasteiger partial charge in [-0.05, 0) is 50.0 Å². The zero-order chi connectivity index (χ0) is 14.5. The summed E-state index contributed by atoms with van der Waals surface area (Å²) in [6, 6.07) is 4.32. The summed E-state index contributed by atoms with van der Waals surface area (Å²) in [6.07, 6.45) is 10.3. The van der Waals surface area contributed by atoms with Gasteiger partial charge in [0.15, 0.2) is 5.78 Å². The number of carbonyl (C=O) groups is 1. The fourth-order valence-corrected chi connectivity index (χ4v) is 2.02. The highest BCUT2D eigenvalue weighted by Crippen LogP contribution is 2.27. The number of carbonyl (C=O) groups excluding carboxylic acids is 1. The van der Waals surface area contributed by atoms with E-state index in [0.717, 1.165) is 5.92 Å². The highest BCUT2D eigenvalue weighted by Gasteiger charge is 2.22. The van der Waals surface area contributed by atoms with Crippen molar-refractivity contribution in [3.05, 3.63) is 72.0 Å². The predicted octanol–water partition coefficient (Wildman–Crippen LogP) is 3.90. The molecule has 1 saturated carbocycles. The number of ketones is 1. The Labute approximate surface area is 125 Å². The average molecular weight is 338 g/mol. The molecule has 1 fully saturated rings. The summed E-state index contributed by atoms with van der Waals surface area (Å²) < 4.78 is 29.6. The first-order valence-electron chi connectivity index (χ1n) is 5.75. The lowest BCUT2D eigenvalue weighted by molar-refractivity contribution is 0.104. The summed E-state index contributed by atoms with van der Waals surface area (Å²) in [5, 5.41) is 0. The Morgan fingerprint density at radius 3 is 2.60 bits per heavy atom. The maximum Gasteiger partial charge on any atom is 0.796 e. The van der Waals surface area contributed by atoms with Crippen LogP contribution in [0.25, 0.3) is 0 Å². The van der Waals surface area contributed by atoms with Crippen LogP contribution in [0, 0.1) is 31.6 Å². The molecule has 5 radical (unpaired) electrons. The maximum absolute atomic E-state index is 12.3. The first-order valence-corrected chi connectivity index (χ1v) is 6.54. The SMILES string of the molecule is O=C(/C=C/[C]1[CH][CH][CH][CH]1)c1cc(Br)ccc1OB(F)F. The minimum absolute atomic E-state index is 0.0856. The van der Waals surface area contributed by atoms with E-state index in [0.29, 0.717) is 4.47 Å². The van der Waals surface area contributed by atoms with Gasteiger partial charge in [-0.15, -0.1) is 0 Å². The summed E-state index contributed by atoms with van der Waals surface area (Å²) in [5.41, 5.74) is 0.0856. The van der Waals surface area contributed by atoms with Gasteiger partial charge in [-0.1, -0.05) is 22.0 Å². The quantitative estimate of drug-likeness (QED) is 0.463. The average Bonchev–Trinajstić information content (AvgIpc) is 2.90. The van der Waals surface area contributed by atoms with Crippen molar-refractivity contribution < 1.29 is 18.1 Å². The Bertz CT molecular complexity index is 514. The Morgan fingerprint density at radius 2 is 1.95 bits per heavy atom. The number of allylic oxidation sites excluding steroid dienone is 2. The second kappa shape index (κ2) is 7.02. The molecular formula is C14H9BBrF2O2. The van der Waals surface area contributed by atoms with Crippen molar-refractivity contribution in [3.8, 4) is 5.75 Å². The molecule has 101 valence electrons. The van der Waals surface area contributed by atoms with Crippen molar-refractivity contribution >= 4 is 29.2 Å². The van der Waals surface area contributed by atoms with Crippen LogP contribution >= 0.6 is 15.9 Å². The van der Waals surface area contributed by atoms with Crippen molar-refractivity contribution in [3.63, 3.8) is 0 Å². The molecule has 2 nitrogen and oxygen atoms in total. The van der Waals surface area contributed by atoms with Gasteiger partial charge < -0.3 is 4.65 Å². The van der Waals surface area contributed by atoms with Crippen LogP contribution in [0.5, 0.6) is 5.75 Å². The first kappa shape index (κ1) is 15.2. The molecular weight excluding hydrogens is 329 g/mol. The molecule has 1 aromatic carbocycles. The van der Waals surface area contributed by atoms with Crippen molar-refractivity contribution in [1.82, 2.24) is 0 Å². The standard InChI is InChI=1S/C14H9BBrF2O2/c16-11-6-8-14(20-15(17)18)12(9-11)13(19)7-5-10-3-1-2-4-10/h1-9H/b7-5+. The van der Waals surface area contributed by atoms with Crippen LogP contribution in [0.1, 0.15) is 10.4 Å². The molecule has 0 spiro atoms. The zero-order valence-electron chi connectivity index (χ0n) is 10.2. The van der Waals surface area contributed by atoms with Gasteiger partial charge in [-0.25, -0.2) is 8.63 Å². The van der Waals surface area contributed by atoms with Gasteiger partial charge >= 0.3 is 7.47 Å². The number of benzene rings is 1. The second-order valence-corrected chi connectivity index (χ2v) is 4.85. The first-order chi connectivity index (χ1) is 9.56. The van der Waals surface area contributed by atoms with Crippen LogP contribution in [0.4, 0.5) is 8.63 Å². The van der Waals surface area contributed by atoms with E-state index >= 15 is 0 Å². The summed E-state index contributed by atoms with van der Waals surface area (Å²) in [6.45, 7) is 0. The summed E-state index contributed by atoms with van der Waals surface area (Å²) in [7, 11) is -2.97. The third-order valence-corrected chi connectivity index (χ3v) is 3.03.